The van der Waals surface area contributed by atoms with Gasteiger partial charge in [0.1, 0.15) is 29.3 Å². The minimum absolute atomic E-state index is 0.406. The van der Waals surface area contributed by atoms with E-state index in [1.807, 2.05) is 47.5 Å². The zero-order valence-electron chi connectivity index (χ0n) is 20.5. The van der Waals surface area contributed by atoms with Gasteiger partial charge in [-0.3, -0.25) is 10.7 Å². The fraction of sp³-hybridized carbons (Fsp3) is 0.357. The summed E-state index contributed by atoms with van der Waals surface area (Å²) in [6.07, 6.45) is 8.44. The topological polar surface area (TPSA) is 98.5 Å². The number of hydrogen-bond donors (Lipinski definition) is 2. The van der Waals surface area contributed by atoms with E-state index in [2.05, 4.69) is 37.8 Å². The van der Waals surface area contributed by atoms with E-state index in [4.69, 9.17) is 16.3 Å². The largest absolute Gasteiger partial charge is 0.457 e. The molecule has 1 saturated heterocycles. The summed E-state index contributed by atoms with van der Waals surface area (Å²) in [5.74, 6) is 8.09. The number of fused-ring (bicyclic) bond motifs is 1. The molecule has 3 heterocycles. The zero-order chi connectivity index (χ0) is 24.5. The fourth-order valence-corrected chi connectivity index (χ4v) is 5.74. The lowest BCUT2D eigenvalue weighted by Gasteiger charge is -2.41. The van der Waals surface area contributed by atoms with Gasteiger partial charge in [0, 0.05) is 50.0 Å². The number of nitrogen functional groups attached to an aromatic ring is 1. The third kappa shape index (κ3) is 4.55. The first-order valence-corrected chi connectivity index (χ1v) is 12.8. The molecule has 1 aliphatic heterocycles. The lowest BCUT2D eigenvalue weighted by atomic mass is 9.89. The number of piperazine rings is 1. The van der Waals surface area contributed by atoms with E-state index < -0.39 is 0 Å². The van der Waals surface area contributed by atoms with Crippen molar-refractivity contribution >= 4 is 16.9 Å². The van der Waals surface area contributed by atoms with Crippen molar-refractivity contribution in [3.63, 3.8) is 0 Å². The highest BCUT2D eigenvalue weighted by atomic mass is 16.5. The number of rotatable bonds is 5. The molecule has 4 N–H and O–H groups in total. The second kappa shape index (κ2) is 9.89. The summed E-state index contributed by atoms with van der Waals surface area (Å²) >= 11 is 0. The minimum atomic E-state index is 0.406. The van der Waals surface area contributed by atoms with E-state index in [1.54, 1.807) is 6.33 Å². The highest BCUT2D eigenvalue weighted by Crippen LogP contribution is 2.39. The predicted molar refractivity (Wildman–Crippen MR) is 143 cm³/mol. The summed E-state index contributed by atoms with van der Waals surface area (Å²) in [5, 5.41) is 2.86. The van der Waals surface area contributed by atoms with Crippen molar-refractivity contribution in [3.05, 3.63) is 67.1 Å². The molecule has 2 fully saturated rings. The van der Waals surface area contributed by atoms with E-state index in [9.17, 15) is 0 Å². The van der Waals surface area contributed by atoms with Gasteiger partial charge < -0.3 is 15.0 Å². The van der Waals surface area contributed by atoms with Gasteiger partial charge in [0.05, 0.1) is 5.39 Å². The van der Waals surface area contributed by atoms with E-state index >= 15 is 0 Å². The molecule has 186 valence electrons. The Balaban J connectivity index is 1.24. The molecule has 0 radical (unpaired) electrons. The van der Waals surface area contributed by atoms with Crippen LogP contribution in [-0.2, 0) is 0 Å². The van der Waals surface area contributed by atoms with Crippen LogP contribution in [0.4, 0.5) is 5.82 Å². The molecule has 0 atom stereocenters. The number of hydrogen-bond acceptors (Lipinski definition) is 7. The van der Waals surface area contributed by atoms with Crippen LogP contribution >= 0.6 is 0 Å². The standard InChI is InChI=1S/C28H33N7O/c29-27-26-25(20-6-12-24(13-7-20)36-23-4-2-1-3-5-23)18-35(28(26)32-19-31-27)22-10-8-21(9-11-22)33-14-16-34(30)17-15-33/h1-7,12-13,18-19,21-22H,8-11,14-17,30H2,(H2,29,31,32)/t21-,22-. The van der Waals surface area contributed by atoms with Gasteiger partial charge in [-0.1, -0.05) is 30.3 Å². The van der Waals surface area contributed by atoms with Gasteiger partial charge in [0.15, 0.2) is 0 Å². The van der Waals surface area contributed by atoms with Crippen LogP contribution in [0.25, 0.3) is 22.2 Å². The van der Waals surface area contributed by atoms with Crippen molar-refractivity contribution in [2.75, 3.05) is 31.9 Å². The van der Waals surface area contributed by atoms with Gasteiger partial charge in [-0.25, -0.2) is 15.0 Å². The first-order valence-electron chi connectivity index (χ1n) is 12.8. The second-order valence-corrected chi connectivity index (χ2v) is 9.88. The summed E-state index contributed by atoms with van der Waals surface area (Å²) in [4.78, 5) is 11.6. The van der Waals surface area contributed by atoms with Gasteiger partial charge in [0.2, 0.25) is 0 Å². The maximum Gasteiger partial charge on any atom is 0.146 e. The lowest BCUT2D eigenvalue weighted by molar-refractivity contribution is 0.0720. The first kappa shape index (κ1) is 23.0. The molecule has 0 unspecified atom stereocenters. The molecule has 1 aliphatic carbocycles. The number of anilines is 1. The van der Waals surface area contributed by atoms with Crippen LogP contribution in [0.1, 0.15) is 31.7 Å². The summed E-state index contributed by atoms with van der Waals surface area (Å²) in [6.45, 7) is 4.04. The number of nitrogens with zero attached hydrogens (tertiary/aromatic N) is 5. The third-order valence-corrected chi connectivity index (χ3v) is 7.71. The van der Waals surface area contributed by atoms with Crippen molar-refractivity contribution in [2.45, 2.75) is 37.8 Å². The van der Waals surface area contributed by atoms with Crippen LogP contribution in [0.2, 0.25) is 0 Å². The van der Waals surface area contributed by atoms with Gasteiger partial charge in [-0.2, -0.15) is 0 Å². The quantitative estimate of drug-likeness (QED) is 0.405. The molecule has 6 rings (SSSR count). The average molecular weight is 484 g/mol. The third-order valence-electron chi connectivity index (χ3n) is 7.71. The molecule has 1 saturated carbocycles. The number of hydrazine groups is 1. The number of ether oxygens (including phenoxy) is 1. The van der Waals surface area contributed by atoms with E-state index in [0.717, 1.165) is 72.7 Å². The average Bonchev–Trinajstić information content (AvgIpc) is 3.31. The van der Waals surface area contributed by atoms with Gasteiger partial charge >= 0.3 is 0 Å². The van der Waals surface area contributed by atoms with Crippen LogP contribution < -0.4 is 16.3 Å². The van der Waals surface area contributed by atoms with Crippen molar-refractivity contribution in [1.29, 1.82) is 0 Å². The van der Waals surface area contributed by atoms with Gasteiger partial charge in [-0.05, 0) is 55.5 Å². The maximum atomic E-state index is 6.39. The highest BCUT2D eigenvalue weighted by molar-refractivity contribution is 6.00. The molecule has 2 aromatic carbocycles. The van der Waals surface area contributed by atoms with Crippen molar-refractivity contribution < 1.29 is 4.74 Å². The summed E-state index contributed by atoms with van der Waals surface area (Å²) in [5.41, 5.74) is 9.45. The van der Waals surface area contributed by atoms with Crippen molar-refractivity contribution in [3.8, 4) is 22.6 Å². The van der Waals surface area contributed by atoms with Crippen LogP contribution in [0.3, 0.4) is 0 Å². The van der Waals surface area contributed by atoms with Crippen LogP contribution in [0, 0.1) is 0 Å². The fourth-order valence-electron chi connectivity index (χ4n) is 5.74. The molecular formula is C28H33N7O. The summed E-state index contributed by atoms with van der Waals surface area (Å²) in [6, 6.07) is 19.0. The molecule has 0 spiro atoms. The lowest BCUT2D eigenvalue weighted by Crippen LogP contribution is -2.53. The Bertz CT molecular complexity index is 1310. The van der Waals surface area contributed by atoms with E-state index in [1.165, 1.54) is 12.8 Å². The zero-order valence-corrected chi connectivity index (χ0v) is 20.5. The molecule has 0 amide bonds. The molecule has 2 aromatic heterocycles. The smallest absolute Gasteiger partial charge is 0.146 e. The Hall–Kier alpha value is -3.46. The normalized spacial score (nSPS) is 21.6. The molecule has 2 aliphatic rings. The Morgan fingerprint density at radius 1 is 0.778 bits per heavy atom. The number of benzene rings is 2. The Morgan fingerprint density at radius 3 is 2.17 bits per heavy atom. The van der Waals surface area contributed by atoms with Crippen LogP contribution in [0.15, 0.2) is 67.1 Å². The monoisotopic (exact) mass is 483 g/mol. The molecule has 0 bridgehead atoms. The van der Waals surface area contributed by atoms with E-state index in [0.29, 0.717) is 17.9 Å². The van der Waals surface area contributed by atoms with Crippen LogP contribution in [-0.4, -0.2) is 56.7 Å². The highest BCUT2D eigenvalue weighted by Gasteiger charge is 2.30. The summed E-state index contributed by atoms with van der Waals surface area (Å²) in [7, 11) is 0. The van der Waals surface area contributed by atoms with Crippen molar-refractivity contribution in [1.82, 2.24) is 24.4 Å². The van der Waals surface area contributed by atoms with Gasteiger partial charge in [0.25, 0.3) is 0 Å². The number of para-hydroxylation sites is 1. The SMILES string of the molecule is Nc1ncnc2c1c(-c1ccc(Oc3ccccc3)cc1)cn2[C@H]1CC[C@H](N2CCN(N)CC2)CC1. The molecule has 8 nitrogen and oxygen atoms in total. The van der Waals surface area contributed by atoms with Crippen molar-refractivity contribution in [2.24, 2.45) is 5.84 Å². The minimum Gasteiger partial charge on any atom is -0.457 e. The molecule has 36 heavy (non-hydrogen) atoms. The van der Waals surface area contributed by atoms with E-state index in [-0.39, 0.29) is 0 Å². The van der Waals surface area contributed by atoms with Gasteiger partial charge in [-0.15, -0.1) is 0 Å². The Kier molecular flexibility index (Phi) is 6.31. The molecular weight excluding hydrogens is 450 g/mol. The Morgan fingerprint density at radius 2 is 1.44 bits per heavy atom. The molecule has 8 heteroatoms. The Labute approximate surface area is 211 Å². The first-order chi connectivity index (χ1) is 17.7. The molecule has 4 aromatic rings. The van der Waals surface area contributed by atoms with Crippen LogP contribution in [0.5, 0.6) is 11.5 Å². The number of nitrogens with two attached hydrogens (primary N) is 2. The summed E-state index contributed by atoms with van der Waals surface area (Å²) < 4.78 is 8.32. The predicted octanol–water partition coefficient (Wildman–Crippen LogP) is 4.45. The number of aromatic nitrogens is 3. The maximum absolute atomic E-state index is 6.39. The second-order valence-electron chi connectivity index (χ2n) is 9.88.